The van der Waals surface area contributed by atoms with E-state index in [0.717, 1.165) is 48.6 Å². The van der Waals surface area contributed by atoms with Crippen LogP contribution in [0.3, 0.4) is 0 Å². The molecule has 1 aromatic heterocycles. The zero-order valence-electron chi connectivity index (χ0n) is 14.8. The fourth-order valence-electron chi connectivity index (χ4n) is 2.99. The summed E-state index contributed by atoms with van der Waals surface area (Å²) in [4.78, 5) is 10.5. The van der Waals surface area contributed by atoms with E-state index in [2.05, 4.69) is 32.2 Å². The highest BCUT2D eigenvalue weighted by Gasteiger charge is 2.20. The molecule has 0 amide bonds. The van der Waals surface area contributed by atoms with Gasteiger partial charge in [0, 0.05) is 51.2 Å². The zero-order valence-corrected chi connectivity index (χ0v) is 16.4. The van der Waals surface area contributed by atoms with Gasteiger partial charge in [-0.3, -0.25) is 9.89 Å². The maximum absolute atomic E-state index is 8.87. The molecule has 136 valence electrons. The third-order valence-corrected chi connectivity index (χ3v) is 5.64. The van der Waals surface area contributed by atoms with Crippen molar-refractivity contribution >= 4 is 28.9 Å². The highest BCUT2D eigenvalue weighted by molar-refractivity contribution is 7.16. The Bertz CT molecular complexity index is 785. The van der Waals surface area contributed by atoms with Gasteiger partial charge in [-0.05, 0) is 29.8 Å². The van der Waals surface area contributed by atoms with Gasteiger partial charge in [0.25, 0.3) is 0 Å². The second-order valence-electron chi connectivity index (χ2n) is 6.18. The van der Waals surface area contributed by atoms with Crippen molar-refractivity contribution in [2.75, 3.05) is 33.2 Å². The molecule has 0 unspecified atom stereocenters. The molecule has 1 N–H and O–H groups in total. The van der Waals surface area contributed by atoms with Crippen LogP contribution in [0.5, 0.6) is 0 Å². The first kappa shape index (κ1) is 18.7. The van der Waals surface area contributed by atoms with Crippen molar-refractivity contribution in [3.63, 3.8) is 0 Å². The molecule has 0 bridgehead atoms. The summed E-state index contributed by atoms with van der Waals surface area (Å²) in [5.41, 5.74) is 1.82. The number of guanidine groups is 1. The predicted octanol–water partition coefficient (Wildman–Crippen LogP) is 3.17. The molecule has 2 aromatic rings. The lowest BCUT2D eigenvalue weighted by atomic mass is 10.1. The van der Waals surface area contributed by atoms with Crippen LogP contribution in [0.2, 0.25) is 4.34 Å². The quantitative estimate of drug-likeness (QED) is 0.646. The first-order valence-corrected chi connectivity index (χ1v) is 9.78. The minimum atomic E-state index is 0.682. The van der Waals surface area contributed by atoms with Crippen molar-refractivity contribution < 1.29 is 0 Å². The van der Waals surface area contributed by atoms with E-state index in [9.17, 15) is 0 Å². The molecule has 5 nitrogen and oxygen atoms in total. The van der Waals surface area contributed by atoms with Gasteiger partial charge in [0.2, 0.25) is 0 Å². The van der Waals surface area contributed by atoms with Crippen molar-refractivity contribution in [3.8, 4) is 6.07 Å². The number of piperazine rings is 1. The van der Waals surface area contributed by atoms with Crippen LogP contribution < -0.4 is 5.32 Å². The van der Waals surface area contributed by atoms with Crippen LogP contribution in [-0.2, 0) is 13.1 Å². The number of benzene rings is 1. The summed E-state index contributed by atoms with van der Waals surface area (Å²) >= 11 is 7.67. The Morgan fingerprint density at radius 3 is 2.50 bits per heavy atom. The van der Waals surface area contributed by atoms with Gasteiger partial charge in [-0.15, -0.1) is 11.3 Å². The molecule has 0 saturated carbocycles. The molecule has 3 rings (SSSR count). The molecule has 1 aliphatic heterocycles. The third kappa shape index (κ3) is 4.98. The third-order valence-electron chi connectivity index (χ3n) is 4.43. The van der Waals surface area contributed by atoms with Crippen LogP contribution in [-0.4, -0.2) is 49.0 Å². The highest BCUT2D eigenvalue weighted by Crippen LogP contribution is 2.23. The number of nitriles is 1. The number of nitrogens with one attached hydrogen (secondary N) is 1. The average Bonchev–Trinajstić information content (AvgIpc) is 3.08. The lowest BCUT2D eigenvalue weighted by molar-refractivity contribution is 0.173. The molecule has 1 aromatic carbocycles. The van der Waals surface area contributed by atoms with Crippen LogP contribution in [0.25, 0.3) is 0 Å². The van der Waals surface area contributed by atoms with Crippen LogP contribution >= 0.6 is 22.9 Å². The van der Waals surface area contributed by atoms with Crippen LogP contribution in [0.1, 0.15) is 16.0 Å². The lowest BCUT2D eigenvalue weighted by Gasteiger charge is -2.36. The summed E-state index contributed by atoms with van der Waals surface area (Å²) in [7, 11) is 1.82. The Labute approximate surface area is 163 Å². The molecule has 0 aliphatic carbocycles. The van der Waals surface area contributed by atoms with E-state index in [1.165, 1.54) is 4.88 Å². The van der Waals surface area contributed by atoms with Crippen LogP contribution in [0, 0.1) is 11.3 Å². The van der Waals surface area contributed by atoms with Crippen molar-refractivity contribution in [1.82, 2.24) is 15.1 Å². The number of hydrogen-bond donors (Lipinski definition) is 1. The zero-order chi connectivity index (χ0) is 18.4. The Morgan fingerprint density at radius 1 is 1.19 bits per heavy atom. The topological polar surface area (TPSA) is 54.7 Å². The molecule has 0 atom stereocenters. The number of hydrogen-bond acceptors (Lipinski definition) is 4. The maximum atomic E-state index is 8.87. The fraction of sp³-hybridized carbons (Fsp3) is 0.368. The smallest absolute Gasteiger partial charge is 0.194 e. The SMILES string of the molecule is CN=C(NCc1ccc(C#N)cc1)N1CCN(Cc2ccc(Cl)s2)CC1. The molecule has 1 aliphatic rings. The van der Waals surface area contributed by atoms with E-state index in [4.69, 9.17) is 16.9 Å². The lowest BCUT2D eigenvalue weighted by Crippen LogP contribution is -2.51. The number of thiophene rings is 1. The molecular formula is C19H22ClN5S. The Hall–Kier alpha value is -2.07. The highest BCUT2D eigenvalue weighted by atomic mass is 35.5. The molecule has 26 heavy (non-hydrogen) atoms. The van der Waals surface area contributed by atoms with Crippen molar-refractivity contribution in [2.24, 2.45) is 4.99 Å². The van der Waals surface area contributed by atoms with E-state index in [-0.39, 0.29) is 0 Å². The van der Waals surface area contributed by atoms with E-state index < -0.39 is 0 Å². The second kappa shape index (κ2) is 9.04. The fourth-order valence-corrected chi connectivity index (χ4v) is 4.12. The summed E-state index contributed by atoms with van der Waals surface area (Å²) in [6, 6.07) is 13.9. The normalized spacial score (nSPS) is 15.7. The average molecular weight is 388 g/mol. The first-order valence-electron chi connectivity index (χ1n) is 8.59. The molecule has 2 heterocycles. The second-order valence-corrected chi connectivity index (χ2v) is 7.98. The van der Waals surface area contributed by atoms with Crippen molar-refractivity contribution in [2.45, 2.75) is 13.1 Å². The summed E-state index contributed by atoms with van der Waals surface area (Å²) in [6.45, 7) is 5.58. The Balaban J connectivity index is 1.48. The summed E-state index contributed by atoms with van der Waals surface area (Å²) in [5.74, 6) is 0.924. The van der Waals surface area contributed by atoms with Crippen LogP contribution in [0.4, 0.5) is 0 Å². The predicted molar refractivity (Wildman–Crippen MR) is 108 cm³/mol. The van der Waals surface area contributed by atoms with Gasteiger partial charge in [0.05, 0.1) is 16.0 Å². The largest absolute Gasteiger partial charge is 0.352 e. The summed E-state index contributed by atoms with van der Waals surface area (Å²) in [6.07, 6.45) is 0. The summed E-state index contributed by atoms with van der Waals surface area (Å²) in [5, 5.41) is 12.3. The van der Waals surface area contributed by atoms with E-state index >= 15 is 0 Å². The van der Waals surface area contributed by atoms with Gasteiger partial charge < -0.3 is 10.2 Å². The number of halogens is 1. The molecule has 1 saturated heterocycles. The van der Waals surface area contributed by atoms with Crippen molar-refractivity contribution in [3.05, 3.63) is 56.7 Å². The first-order chi connectivity index (χ1) is 12.7. The Kier molecular flexibility index (Phi) is 6.51. The molecule has 0 spiro atoms. The van der Waals surface area contributed by atoms with Gasteiger partial charge >= 0.3 is 0 Å². The minimum Gasteiger partial charge on any atom is -0.352 e. The summed E-state index contributed by atoms with van der Waals surface area (Å²) < 4.78 is 0.853. The maximum Gasteiger partial charge on any atom is 0.194 e. The molecular weight excluding hydrogens is 366 g/mol. The molecule has 1 fully saturated rings. The van der Waals surface area contributed by atoms with Gasteiger partial charge in [-0.2, -0.15) is 5.26 Å². The minimum absolute atomic E-state index is 0.682. The van der Waals surface area contributed by atoms with E-state index in [1.807, 2.05) is 37.4 Å². The monoisotopic (exact) mass is 387 g/mol. The number of nitrogens with zero attached hydrogens (tertiary/aromatic N) is 4. The van der Waals surface area contributed by atoms with Crippen LogP contribution in [0.15, 0.2) is 41.4 Å². The van der Waals surface area contributed by atoms with E-state index in [1.54, 1.807) is 11.3 Å². The Morgan fingerprint density at radius 2 is 1.92 bits per heavy atom. The van der Waals surface area contributed by atoms with Gasteiger partial charge in [0.15, 0.2) is 5.96 Å². The van der Waals surface area contributed by atoms with Gasteiger partial charge in [-0.1, -0.05) is 23.7 Å². The van der Waals surface area contributed by atoms with Gasteiger partial charge in [-0.25, -0.2) is 0 Å². The molecule has 7 heteroatoms. The standard InChI is InChI=1S/C19H22ClN5S/c1-22-19(23-13-16-4-2-15(12-21)3-5-16)25-10-8-24(9-11-25)14-17-6-7-18(20)26-17/h2-7H,8-11,13-14H2,1H3,(H,22,23). The van der Waals surface area contributed by atoms with Gasteiger partial charge in [0.1, 0.15) is 0 Å². The number of aliphatic imine (C=N–C) groups is 1. The van der Waals surface area contributed by atoms with Crippen molar-refractivity contribution in [1.29, 1.82) is 5.26 Å². The number of rotatable bonds is 4. The molecule has 0 radical (unpaired) electrons. The van der Waals surface area contributed by atoms with E-state index in [0.29, 0.717) is 12.1 Å².